The lowest BCUT2D eigenvalue weighted by atomic mass is 9.69. The molecule has 0 aliphatic heterocycles. The van der Waals surface area contributed by atoms with Crippen LogP contribution >= 0.6 is 23.4 Å². The Bertz CT molecular complexity index is 941. The van der Waals surface area contributed by atoms with Gasteiger partial charge in [0.05, 0.1) is 12.4 Å². The molecule has 182 valence electrons. The zero-order chi connectivity index (χ0) is 24.0. The maximum absolute atomic E-state index is 12.7. The second-order valence-corrected chi connectivity index (χ2v) is 11.4. The zero-order valence-corrected chi connectivity index (χ0v) is 22.1. The van der Waals surface area contributed by atoms with Crippen molar-refractivity contribution in [3.63, 3.8) is 0 Å². The van der Waals surface area contributed by atoms with Crippen molar-refractivity contribution in [2.45, 2.75) is 77.4 Å². The van der Waals surface area contributed by atoms with Gasteiger partial charge in [0.25, 0.3) is 0 Å². The highest BCUT2D eigenvalue weighted by atomic mass is 35.5. The highest BCUT2D eigenvalue weighted by Gasteiger charge is 2.34. The number of hydrogen-bond donors (Lipinski definition) is 1. The molecule has 3 rings (SSSR count). The fourth-order valence-electron chi connectivity index (χ4n) is 4.59. The maximum atomic E-state index is 12.7. The van der Waals surface area contributed by atoms with Gasteiger partial charge >= 0.3 is 0 Å². The van der Waals surface area contributed by atoms with E-state index in [-0.39, 0.29) is 17.4 Å². The molecule has 8 heteroatoms. The molecule has 0 spiro atoms. The molecule has 1 saturated carbocycles. The van der Waals surface area contributed by atoms with Crippen molar-refractivity contribution in [1.82, 2.24) is 20.1 Å². The molecule has 1 heterocycles. The number of thioether (sulfide) groups is 1. The summed E-state index contributed by atoms with van der Waals surface area (Å²) in [7, 11) is 1.95. The monoisotopic (exact) mass is 492 g/mol. The molecule has 1 N–H and O–H groups in total. The van der Waals surface area contributed by atoms with E-state index in [1.54, 1.807) is 0 Å². The first-order valence-electron chi connectivity index (χ1n) is 11.8. The zero-order valence-electron chi connectivity index (χ0n) is 20.5. The standard InChI is InChI=1S/C25H37ClN4O2S/c1-17-15-18(26)12-13-21(17)32-14-8-11-22-28-29-24(30(22)5)33-16-23(31)27-20-10-7-6-9-19(20)25(2,3)4/h12-13,15,19-20H,6-11,14,16H2,1-5H3,(H,27,31). The SMILES string of the molecule is Cc1cc(Cl)ccc1OCCCc1nnc(SCC(=O)NC2CCCCC2C(C)(C)C)n1C. The van der Waals surface area contributed by atoms with Crippen molar-refractivity contribution in [3.05, 3.63) is 34.6 Å². The van der Waals surface area contributed by atoms with Crippen LogP contribution in [-0.4, -0.2) is 39.1 Å². The Labute approximate surface area is 207 Å². The van der Waals surface area contributed by atoms with Crippen molar-refractivity contribution in [2.24, 2.45) is 18.4 Å². The van der Waals surface area contributed by atoms with Crippen molar-refractivity contribution in [2.75, 3.05) is 12.4 Å². The molecule has 1 fully saturated rings. The number of benzene rings is 1. The summed E-state index contributed by atoms with van der Waals surface area (Å²) in [6, 6.07) is 5.91. The van der Waals surface area contributed by atoms with Gasteiger partial charge in [0.15, 0.2) is 5.16 Å². The fourth-order valence-corrected chi connectivity index (χ4v) is 5.56. The van der Waals surface area contributed by atoms with Crippen LogP contribution in [0.25, 0.3) is 0 Å². The lowest BCUT2D eigenvalue weighted by molar-refractivity contribution is -0.120. The summed E-state index contributed by atoms with van der Waals surface area (Å²) >= 11 is 7.44. The first-order valence-corrected chi connectivity index (χ1v) is 13.2. The first-order chi connectivity index (χ1) is 15.6. The van der Waals surface area contributed by atoms with Crippen LogP contribution in [0.5, 0.6) is 5.75 Å². The van der Waals surface area contributed by atoms with Gasteiger partial charge < -0.3 is 14.6 Å². The van der Waals surface area contributed by atoms with Gasteiger partial charge in [-0.1, -0.05) is 57.0 Å². The Morgan fingerprint density at radius 3 is 2.76 bits per heavy atom. The summed E-state index contributed by atoms with van der Waals surface area (Å²) < 4.78 is 7.85. The van der Waals surface area contributed by atoms with Crippen molar-refractivity contribution in [1.29, 1.82) is 0 Å². The van der Waals surface area contributed by atoms with E-state index >= 15 is 0 Å². The van der Waals surface area contributed by atoms with Crippen molar-refractivity contribution >= 4 is 29.3 Å². The highest BCUT2D eigenvalue weighted by Crippen LogP contribution is 2.38. The van der Waals surface area contributed by atoms with Crippen LogP contribution in [0, 0.1) is 18.3 Å². The minimum atomic E-state index is 0.0810. The molecular weight excluding hydrogens is 456 g/mol. The number of nitrogens with one attached hydrogen (secondary N) is 1. The molecule has 0 bridgehead atoms. The number of amides is 1. The molecule has 1 aromatic carbocycles. The first kappa shape index (κ1) is 25.9. The topological polar surface area (TPSA) is 69.0 Å². The molecule has 1 amide bonds. The van der Waals surface area contributed by atoms with E-state index < -0.39 is 0 Å². The van der Waals surface area contributed by atoms with E-state index in [4.69, 9.17) is 16.3 Å². The van der Waals surface area contributed by atoms with Crippen LogP contribution in [0.2, 0.25) is 5.02 Å². The van der Waals surface area contributed by atoms with Gasteiger partial charge in [-0.15, -0.1) is 10.2 Å². The molecule has 0 radical (unpaired) electrons. The Balaban J connectivity index is 1.44. The maximum Gasteiger partial charge on any atom is 0.230 e. The Morgan fingerprint density at radius 1 is 1.27 bits per heavy atom. The molecule has 1 aliphatic carbocycles. The minimum absolute atomic E-state index is 0.0810. The molecule has 2 aromatic rings. The lowest BCUT2D eigenvalue weighted by Gasteiger charge is -2.40. The van der Waals surface area contributed by atoms with Gasteiger partial charge in [0.2, 0.25) is 5.91 Å². The number of ether oxygens (including phenoxy) is 1. The van der Waals surface area contributed by atoms with E-state index in [2.05, 4.69) is 36.3 Å². The molecule has 33 heavy (non-hydrogen) atoms. The summed E-state index contributed by atoms with van der Waals surface area (Å²) in [5.41, 5.74) is 1.24. The van der Waals surface area contributed by atoms with Gasteiger partial charge in [0.1, 0.15) is 11.6 Å². The average molecular weight is 493 g/mol. The third-order valence-electron chi connectivity index (χ3n) is 6.42. The summed E-state index contributed by atoms with van der Waals surface area (Å²) in [6.45, 7) is 9.41. The van der Waals surface area contributed by atoms with E-state index in [1.165, 1.54) is 31.0 Å². The van der Waals surface area contributed by atoms with Gasteiger partial charge in [0, 0.05) is 24.5 Å². The molecule has 2 unspecified atom stereocenters. The Hall–Kier alpha value is -1.73. The van der Waals surface area contributed by atoms with E-state index in [0.29, 0.717) is 23.3 Å². The predicted octanol–water partition coefficient (Wildman–Crippen LogP) is 5.60. The van der Waals surface area contributed by atoms with Crippen molar-refractivity contribution < 1.29 is 9.53 Å². The normalized spacial score (nSPS) is 18.8. The largest absolute Gasteiger partial charge is 0.493 e. The minimum Gasteiger partial charge on any atom is -0.493 e. The molecular formula is C25H37ClN4O2S. The molecule has 2 atom stereocenters. The van der Waals surface area contributed by atoms with Crippen LogP contribution in [0.1, 0.15) is 64.3 Å². The lowest BCUT2D eigenvalue weighted by Crippen LogP contribution is -2.47. The van der Waals surface area contributed by atoms with Crippen LogP contribution < -0.4 is 10.1 Å². The van der Waals surface area contributed by atoms with Crippen LogP contribution in [0.4, 0.5) is 0 Å². The van der Waals surface area contributed by atoms with Gasteiger partial charge in [-0.2, -0.15) is 0 Å². The van der Waals surface area contributed by atoms with E-state index in [9.17, 15) is 4.79 Å². The number of carbonyl (C=O) groups is 1. The van der Waals surface area contributed by atoms with Gasteiger partial charge in [-0.25, -0.2) is 0 Å². The van der Waals surface area contributed by atoms with E-state index in [1.807, 2.05) is 36.7 Å². The summed E-state index contributed by atoms with van der Waals surface area (Å²) in [6.07, 6.45) is 6.31. The summed E-state index contributed by atoms with van der Waals surface area (Å²) in [5.74, 6) is 2.72. The highest BCUT2D eigenvalue weighted by molar-refractivity contribution is 7.99. The number of aryl methyl sites for hydroxylation is 2. The predicted molar refractivity (Wildman–Crippen MR) is 135 cm³/mol. The number of hydrogen-bond acceptors (Lipinski definition) is 5. The van der Waals surface area contributed by atoms with Crippen LogP contribution in [0.15, 0.2) is 23.4 Å². The third kappa shape index (κ3) is 7.38. The molecule has 1 aliphatic rings. The third-order valence-corrected chi connectivity index (χ3v) is 7.68. The smallest absolute Gasteiger partial charge is 0.230 e. The van der Waals surface area contributed by atoms with E-state index in [0.717, 1.165) is 41.6 Å². The number of nitrogens with zero attached hydrogens (tertiary/aromatic N) is 3. The Morgan fingerprint density at radius 2 is 2.03 bits per heavy atom. The second-order valence-electron chi connectivity index (χ2n) is 10.0. The molecule has 6 nitrogen and oxygen atoms in total. The number of halogens is 1. The number of carbonyl (C=O) groups excluding carboxylic acids is 1. The molecule has 1 aromatic heterocycles. The average Bonchev–Trinajstić information content (AvgIpc) is 3.10. The van der Waals surface area contributed by atoms with Gasteiger partial charge in [-0.05, 0) is 61.3 Å². The van der Waals surface area contributed by atoms with Crippen molar-refractivity contribution in [3.8, 4) is 5.75 Å². The van der Waals surface area contributed by atoms with Crippen LogP contribution in [-0.2, 0) is 18.3 Å². The summed E-state index contributed by atoms with van der Waals surface area (Å²) in [4.78, 5) is 12.7. The number of rotatable bonds is 9. The number of aromatic nitrogens is 3. The molecule has 0 saturated heterocycles. The Kier molecular flexibility index (Phi) is 9.10. The van der Waals surface area contributed by atoms with Gasteiger partial charge in [-0.3, -0.25) is 4.79 Å². The van der Waals surface area contributed by atoms with Crippen LogP contribution in [0.3, 0.4) is 0 Å². The second kappa shape index (κ2) is 11.6. The fraction of sp³-hybridized carbons (Fsp3) is 0.640. The quantitative estimate of drug-likeness (QED) is 0.364. The summed E-state index contributed by atoms with van der Waals surface area (Å²) in [5, 5.41) is 13.4.